The molecule has 0 atom stereocenters. The van der Waals surface area contributed by atoms with Gasteiger partial charge in [0.25, 0.3) is 0 Å². The second-order valence-corrected chi connectivity index (χ2v) is 1.45. The van der Waals surface area contributed by atoms with Crippen LogP contribution in [0.15, 0.2) is 0 Å². The molecule has 0 spiro atoms. The van der Waals surface area contributed by atoms with Gasteiger partial charge in [-0.15, -0.1) is 0 Å². The molecule has 0 aromatic heterocycles. The molecule has 2 heteroatoms. The van der Waals surface area contributed by atoms with E-state index >= 15 is 0 Å². The molecule has 0 aliphatic heterocycles. The molecule has 5 heavy (non-hydrogen) atoms. The average molecular weight is 86.0 g/mol. The Labute approximate surface area is 37.9 Å². The SMILES string of the molecule is CB=CSC. The standard InChI is InChI=1S/C3H7BS/c1-4-3-5-2/h3H,1-2H3. The van der Waals surface area contributed by atoms with Crippen molar-refractivity contribution in [3.63, 3.8) is 0 Å². The third kappa shape index (κ3) is 4.28. The normalized spacial score (nSPS) is 8.40. The monoisotopic (exact) mass is 86.0 g/mol. The summed E-state index contributed by atoms with van der Waals surface area (Å²) in [7, 11) is 0. The quantitative estimate of drug-likeness (QED) is 0.426. The first-order chi connectivity index (χ1) is 2.41. The van der Waals surface area contributed by atoms with Crippen molar-refractivity contribution in [3.8, 4) is 0 Å². The Balaban J connectivity index is 2.62. The van der Waals surface area contributed by atoms with Crippen LogP contribution < -0.4 is 0 Å². The summed E-state index contributed by atoms with van der Waals surface area (Å²) in [5.41, 5.74) is 0. The first-order valence-corrected chi connectivity index (χ1v) is 2.84. The zero-order valence-corrected chi connectivity index (χ0v) is 4.38. The van der Waals surface area contributed by atoms with Crippen LogP contribution in [0.2, 0.25) is 6.82 Å². The van der Waals surface area contributed by atoms with Crippen molar-refractivity contribution in [3.05, 3.63) is 0 Å². The number of rotatable bonds is 1. The van der Waals surface area contributed by atoms with Gasteiger partial charge in [0.1, 0.15) is 0 Å². The molecule has 0 amide bonds. The van der Waals surface area contributed by atoms with Crippen LogP contribution >= 0.6 is 11.8 Å². The molecule has 0 aromatic rings. The number of thioether (sulfide) groups is 1. The molecule has 0 saturated heterocycles. The molecule has 0 heterocycles. The van der Waals surface area contributed by atoms with Gasteiger partial charge in [-0.05, 0) is 0 Å². The van der Waals surface area contributed by atoms with Crippen molar-refractivity contribution in [1.82, 2.24) is 0 Å². The Morgan fingerprint density at radius 2 is 2.40 bits per heavy atom. The van der Waals surface area contributed by atoms with E-state index in [9.17, 15) is 0 Å². The van der Waals surface area contributed by atoms with E-state index in [4.69, 9.17) is 0 Å². The van der Waals surface area contributed by atoms with Gasteiger partial charge in [-0.1, -0.05) is 0 Å². The average Bonchev–Trinajstić information content (AvgIpc) is 1.41. The predicted molar refractivity (Wildman–Crippen MR) is 31.2 cm³/mol. The predicted octanol–water partition coefficient (Wildman–Crippen LogP) is 0.861. The van der Waals surface area contributed by atoms with Gasteiger partial charge < -0.3 is 0 Å². The molecule has 0 nitrogen and oxygen atoms in total. The summed E-state index contributed by atoms with van der Waals surface area (Å²) in [6, 6.07) is 0. The number of hydrogen-bond donors (Lipinski definition) is 0. The van der Waals surface area contributed by atoms with Crippen LogP contribution in [0, 0.1) is 0 Å². The Hall–Kier alpha value is 0.285. The summed E-state index contributed by atoms with van der Waals surface area (Å²) in [4.78, 5) is 0. The molecule has 0 bridgehead atoms. The van der Waals surface area contributed by atoms with Gasteiger partial charge in [0, 0.05) is 0 Å². The van der Waals surface area contributed by atoms with Crippen LogP contribution in [0.25, 0.3) is 0 Å². The first kappa shape index (κ1) is 5.28. The van der Waals surface area contributed by atoms with Gasteiger partial charge in [-0.2, -0.15) is 0 Å². The first-order valence-electron chi connectivity index (χ1n) is 1.55. The van der Waals surface area contributed by atoms with Gasteiger partial charge >= 0.3 is 37.1 Å². The molecule has 0 unspecified atom stereocenters. The van der Waals surface area contributed by atoms with Crippen LogP contribution in [0.1, 0.15) is 0 Å². The molecule has 0 N–H and O–H groups in total. The topological polar surface area (TPSA) is 0 Å². The summed E-state index contributed by atoms with van der Waals surface area (Å²) in [5, 5.41) is 2.04. The fourth-order valence-corrected chi connectivity index (χ4v) is 0.408. The zero-order valence-electron chi connectivity index (χ0n) is 3.56. The maximum atomic E-state index is 2.04. The molecule has 0 aromatic carbocycles. The summed E-state index contributed by atoms with van der Waals surface area (Å²) < 4.78 is 0. The van der Waals surface area contributed by atoms with E-state index in [1.807, 2.05) is 25.3 Å². The molecule has 0 rings (SSSR count). The second kappa shape index (κ2) is 4.28. The fourth-order valence-electron chi connectivity index (χ4n) is 0.136. The summed E-state index contributed by atoms with van der Waals surface area (Å²) in [5.74, 6) is 0. The van der Waals surface area contributed by atoms with E-state index in [2.05, 4.69) is 0 Å². The van der Waals surface area contributed by atoms with E-state index < -0.39 is 0 Å². The summed E-state index contributed by atoms with van der Waals surface area (Å²) >= 11 is 1.72. The Kier molecular flexibility index (Phi) is 4.53. The molecule has 0 aliphatic rings. The zero-order chi connectivity index (χ0) is 4.12. The van der Waals surface area contributed by atoms with Gasteiger partial charge in [0.15, 0.2) is 0 Å². The Morgan fingerprint density at radius 1 is 1.80 bits per heavy atom. The van der Waals surface area contributed by atoms with Crippen molar-refractivity contribution < 1.29 is 0 Å². The van der Waals surface area contributed by atoms with Gasteiger partial charge in [0.2, 0.25) is 0 Å². The third-order valence-corrected chi connectivity index (χ3v) is 0.816. The van der Waals surface area contributed by atoms with Crippen molar-refractivity contribution >= 4 is 24.0 Å². The number of hydrogen-bond acceptors (Lipinski definition) is 1. The Bertz CT molecular complexity index is 33.9. The van der Waals surface area contributed by atoms with Crippen molar-refractivity contribution in [2.75, 3.05) is 6.26 Å². The van der Waals surface area contributed by atoms with Crippen LogP contribution in [-0.2, 0) is 0 Å². The van der Waals surface area contributed by atoms with E-state index in [-0.39, 0.29) is 0 Å². The van der Waals surface area contributed by atoms with Crippen molar-refractivity contribution in [2.45, 2.75) is 6.82 Å². The molecular formula is C3H7BS. The van der Waals surface area contributed by atoms with Gasteiger partial charge in [-0.3, -0.25) is 0 Å². The van der Waals surface area contributed by atoms with E-state index in [1.54, 1.807) is 11.8 Å². The van der Waals surface area contributed by atoms with Crippen LogP contribution in [0.5, 0.6) is 0 Å². The van der Waals surface area contributed by atoms with E-state index in [0.717, 1.165) is 0 Å². The fraction of sp³-hybridized carbons (Fsp3) is 0.667. The summed E-state index contributed by atoms with van der Waals surface area (Å²) in [6.07, 6.45) is 2.04. The molecule has 0 fully saturated rings. The third-order valence-electron chi connectivity index (χ3n) is 0.272. The molecule has 28 valence electrons. The Morgan fingerprint density at radius 3 is 2.40 bits per heavy atom. The maximum absolute atomic E-state index is 2.04. The van der Waals surface area contributed by atoms with Crippen LogP contribution in [0.3, 0.4) is 0 Å². The molecule has 0 radical (unpaired) electrons. The van der Waals surface area contributed by atoms with Gasteiger partial charge in [0.05, 0.1) is 0 Å². The van der Waals surface area contributed by atoms with Crippen LogP contribution in [-0.4, -0.2) is 18.5 Å². The van der Waals surface area contributed by atoms with E-state index in [0.29, 0.717) is 0 Å². The van der Waals surface area contributed by atoms with Gasteiger partial charge in [-0.25, -0.2) is 0 Å². The summed E-state index contributed by atoms with van der Waals surface area (Å²) in [6.45, 7) is 4.03. The molecular weight excluding hydrogens is 78.9 g/mol. The van der Waals surface area contributed by atoms with Crippen molar-refractivity contribution in [1.29, 1.82) is 0 Å². The minimum absolute atomic E-state index is 1.72. The second-order valence-electron chi connectivity index (χ2n) is 0.705. The van der Waals surface area contributed by atoms with Crippen LogP contribution in [0.4, 0.5) is 0 Å². The minimum atomic E-state index is 1.72. The molecule has 0 saturated carbocycles. The molecule has 0 aliphatic carbocycles. The van der Waals surface area contributed by atoms with Crippen molar-refractivity contribution in [2.24, 2.45) is 0 Å². The van der Waals surface area contributed by atoms with E-state index in [1.165, 1.54) is 0 Å².